The van der Waals surface area contributed by atoms with E-state index < -0.39 is 17.7 Å². The van der Waals surface area contributed by atoms with Crippen LogP contribution in [0.1, 0.15) is 26.2 Å². The first-order valence-electron chi connectivity index (χ1n) is 4.10. The number of hydrogen-bond acceptors (Lipinski definition) is 3. The molecular formula is C8H13NO4. The van der Waals surface area contributed by atoms with Crippen molar-refractivity contribution in [2.75, 3.05) is 6.54 Å². The quantitative estimate of drug-likeness (QED) is 0.451. The van der Waals surface area contributed by atoms with Gasteiger partial charge in [-0.1, -0.05) is 6.92 Å². The summed E-state index contributed by atoms with van der Waals surface area (Å²) < 4.78 is 0. The molecule has 0 radical (unpaired) electrons. The Kier molecular flexibility index (Phi) is 5.50. The van der Waals surface area contributed by atoms with Crippen LogP contribution in [-0.4, -0.2) is 29.3 Å². The zero-order valence-electron chi connectivity index (χ0n) is 7.50. The van der Waals surface area contributed by atoms with E-state index in [0.717, 1.165) is 0 Å². The van der Waals surface area contributed by atoms with Crippen molar-refractivity contribution < 1.29 is 19.5 Å². The summed E-state index contributed by atoms with van der Waals surface area (Å²) in [6.07, 6.45) is 0.517. The molecule has 2 N–H and O–H groups in total. The van der Waals surface area contributed by atoms with Gasteiger partial charge in [0.15, 0.2) is 0 Å². The highest BCUT2D eigenvalue weighted by atomic mass is 16.4. The molecule has 13 heavy (non-hydrogen) atoms. The first-order chi connectivity index (χ1) is 6.07. The van der Waals surface area contributed by atoms with Crippen molar-refractivity contribution in [2.24, 2.45) is 0 Å². The summed E-state index contributed by atoms with van der Waals surface area (Å²) in [5, 5.41) is 10.6. The van der Waals surface area contributed by atoms with Gasteiger partial charge >= 0.3 is 5.97 Å². The Morgan fingerprint density at radius 3 is 2.38 bits per heavy atom. The van der Waals surface area contributed by atoms with Gasteiger partial charge in [-0.15, -0.1) is 0 Å². The maximum atomic E-state index is 10.8. The van der Waals surface area contributed by atoms with Crippen molar-refractivity contribution in [2.45, 2.75) is 26.2 Å². The molecule has 0 aromatic rings. The maximum Gasteiger partial charge on any atom is 0.303 e. The molecule has 0 unspecified atom stereocenters. The number of carboxylic acids is 1. The largest absolute Gasteiger partial charge is 0.481 e. The number of ketones is 1. The van der Waals surface area contributed by atoms with E-state index in [4.69, 9.17) is 5.11 Å². The van der Waals surface area contributed by atoms with Crippen LogP contribution in [0.15, 0.2) is 0 Å². The van der Waals surface area contributed by atoms with Crippen molar-refractivity contribution in [3.05, 3.63) is 0 Å². The molecule has 0 aliphatic rings. The van der Waals surface area contributed by atoms with Gasteiger partial charge in [0.1, 0.15) is 0 Å². The highest BCUT2D eigenvalue weighted by Gasteiger charge is 2.09. The van der Waals surface area contributed by atoms with Gasteiger partial charge in [0, 0.05) is 19.4 Å². The molecule has 0 saturated heterocycles. The number of Topliss-reactive ketones (excluding diaryl/α,β-unsaturated/α-hetero) is 1. The smallest absolute Gasteiger partial charge is 0.303 e. The number of rotatable bonds is 6. The van der Waals surface area contributed by atoms with E-state index in [0.29, 0.717) is 6.42 Å². The Morgan fingerprint density at radius 1 is 1.31 bits per heavy atom. The van der Waals surface area contributed by atoms with Gasteiger partial charge in [-0.05, 0) is 6.42 Å². The van der Waals surface area contributed by atoms with Gasteiger partial charge in [0.05, 0.1) is 0 Å². The highest BCUT2D eigenvalue weighted by molar-refractivity contribution is 6.36. The average Bonchev–Trinajstić information content (AvgIpc) is 2.10. The lowest BCUT2D eigenvalue weighted by molar-refractivity contribution is -0.138. The second-order valence-corrected chi connectivity index (χ2v) is 2.53. The summed E-state index contributed by atoms with van der Waals surface area (Å²) in [7, 11) is 0. The predicted molar refractivity (Wildman–Crippen MR) is 45.2 cm³/mol. The molecule has 5 nitrogen and oxygen atoms in total. The molecule has 1 amide bonds. The van der Waals surface area contributed by atoms with Crippen LogP contribution in [0.25, 0.3) is 0 Å². The van der Waals surface area contributed by atoms with E-state index in [1.165, 1.54) is 0 Å². The molecule has 0 heterocycles. The van der Waals surface area contributed by atoms with Crippen LogP contribution in [0.4, 0.5) is 0 Å². The predicted octanol–water partition coefficient (Wildman–Crippen LogP) is -0.0535. The van der Waals surface area contributed by atoms with Crippen LogP contribution in [0, 0.1) is 0 Å². The third kappa shape index (κ3) is 5.84. The Hall–Kier alpha value is -1.39. The molecule has 5 heteroatoms. The maximum absolute atomic E-state index is 10.8. The standard InChI is InChI=1S/C8H13NO4/c1-2-6(10)8(13)9-5-3-4-7(11)12/h2-5H2,1H3,(H,9,13)(H,11,12). The fraction of sp³-hybridized carbons (Fsp3) is 0.625. The minimum Gasteiger partial charge on any atom is -0.481 e. The number of aliphatic carboxylic acids is 1. The Morgan fingerprint density at radius 2 is 1.92 bits per heavy atom. The normalized spacial score (nSPS) is 9.31. The molecule has 74 valence electrons. The first kappa shape index (κ1) is 11.6. The van der Waals surface area contributed by atoms with Crippen molar-refractivity contribution >= 4 is 17.7 Å². The number of nitrogens with one attached hydrogen (secondary N) is 1. The van der Waals surface area contributed by atoms with Crippen molar-refractivity contribution in [3.8, 4) is 0 Å². The first-order valence-corrected chi connectivity index (χ1v) is 4.10. The number of carboxylic acid groups (broad SMARTS) is 1. The van der Waals surface area contributed by atoms with Crippen molar-refractivity contribution in [1.29, 1.82) is 0 Å². The second-order valence-electron chi connectivity index (χ2n) is 2.53. The van der Waals surface area contributed by atoms with Crippen LogP contribution < -0.4 is 5.32 Å². The van der Waals surface area contributed by atoms with Crippen LogP contribution in [0.3, 0.4) is 0 Å². The fourth-order valence-corrected chi connectivity index (χ4v) is 0.701. The number of carbonyl (C=O) groups excluding carboxylic acids is 2. The Bertz CT molecular complexity index is 212. The van der Waals surface area contributed by atoms with E-state index in [1.54, 1.807) is 6.92 Å². The van der Waals surface area contributed by atoms with E-state index in [1.807, 2.05) is 0 Å². The average molecular weight is 187 g/mol. The second kappa shape index (κ2) is 6.16. The summed E-state index contributed by atoms with van der Waals surface area (Å²) in [5.74, 6) is -2.01. The molecule has 0 aliphatic heterocycles. The highest BCUT2D eigenvalue weighted by Crippen LogP contribution is 1.87. The van der Waals surface area contributed by atoms with E-state index >= 15 is 0 Å². The molecule has 0 aromatic carbocycles. The molecule has 0 aliphatic carbocycles. The summed E-state index contributed by atoms with van der Waals surface area (Å²) >= 11 is 0. The van der Waals surface area contributed by atoms with E-state index in [2.05, 4.69) is 5.32 Å². The topological polar surface area (TPSA) is 83.5 Å². The van der Waals surface area contributed by atoms with Gasteiger partial charge in [-0.3, -0.25) is 14.4 Å². The van der Waals surface area contributed by atoms with E-state index in [-0.39, 0.29) is 19.4 Å². The van der Waals surface area contributed by atoms with Gasteiger partial charge < -0.3 is 10.4 Å². The van der Waals surface area contributed by atoms with Crippen LogP contribution in [-0.2, 0) is 14.4 Å². The lowest BCUT2D eigenvalue weighted by Crippen LogP contribution is -2.31. The Labute approximate surface area is 76.1 Å². The lowest BCUT2D eigenvalue weighted by atomic mass is 10.2. The summed E-state index contributed by atoms with van der Waals surface area (Å²) in [6.45, 7) is 1.83. The Balaban J connectivity index is 3.48. The molecule has 0 atom stereocenters. The molecular weight excluding hydrogens is 174 g/mol. The summed E-state index contributed by atoms with van der Waals surface area (Å²) in [5.41, 5.74) is 0. The molecule has 0 rings (SSSR count). The molecule has 0 aromatic heterocycles. The van der Waals surface area contributed by atoms with Crippen molar-refractivity contribution in [3.63, 3.8) is 0 Å². The monoisotopic (exact) mass is 187 g/mol. The SMILES string of the molecule is CCC(=O)C(=O)NCCCC(=O)O. The number of hydrogen-bond donors (Lipinski definition) is 2. The van der Waals surface area contributed by atoms with Crippen LogP contribution in [0.5, 0.6) is 0 Å². The molecule has 0 fully saturated rings. The van der Waals surface area contributed by atoms with Gasteiger partial charge in [0.2, 0.25) is 5.78 Å². The molecule has 0 spiro atoms. The minimum atomic E-state index is -0.906. The van der Waals surface area contributed by atoms with Gasteiger partial charge in [-0.2, -0.15) is 0 Å². The van der Waals surface area contributed by atoms with Crippen LogP contribution >= 0.6 is 0 Å². The molecule has 0 saturated carbocycles. The summed E-state index contributed by atoms with van der Waals surface area (Å²) in [4.78, 5) is 31.6. The third-order valence-corrected chi connectivity index (χ3v) is 1.43. The van der Waals surface area contributed by atoms with Gasteiger partial charge in [0.25, 0.3) is 5.91 Å². The van der Waals surface area contributed by atoms with Crippen molar-refractivity contribution in [1.82, 2.24) is 5.32 Å². The van der Waals surface area contributed by atoms with Crippen LogP contribution in [0.2, 0.25) is 0 Å². The van der Waals surface area contributed by atoms with E-state index in [9.17, 15) is 14.4 Å². The number of carbonyl (C=O) groups is 3. The minimum absolute atomic E-state index is 0.000591. The fourth-order valence-electron chi connectivity index (χ4n) is 0.701. The lowest BCUT2D eigenvalue weighted by Gasteiger charge is -2.00. The number of amides is 1. The summed E-state index contributed by atoms with van der Waals surface area (Å²) in [6, 6.07) is 0. The third-order valence-electron chi connectivity index (χ3n) is 1.43. The van der Waals surface area contributed by atoms with Gasteiger partial charge in [-0.25, -0.2) is 0 Å². The zero-order chi connectivity index (χ0) is 10.3. The zero-order valence-corrected chi connectivity index (χ0v) is 7.50. The molecule has 0 bridgehead atoms.